The summed E-state index contributed by atoms with van der Waals surface area (Å²) < 4.78 is 34.9. The summed E-state index contributed by atoms with van der Waals surface area (Å²) in [4.78, 5) is 20.6. The molecule has 0 aliphatic heterocycles. The van der Waals surface area contributed by atoms with E-state index in [-0.39, 0.29) is 32.1 Å². The number of nitro groups is 1. The van der Waals surface area contributed by atoms with Gasteiger partial charge in [0.1, 0.15) is 11.2 Å². The van der Waals surface area contributed by atoms with Crippen LogP contribution in [0, 0.1) is 10.1 Å². The first-order valence-corrected chi connectivity index (χ1v) is 8.50. The maximum atomic E-state index is 12.3. The molecule has 2 aromatic rings. The molecule has 10 heteroatoms. The Bertz CT molecular complexity index is 894. The van der Waals surface area contributed by atoms with Crippen molar-refractivity contribution in [3.05, 3.63) is 56.5 Å². The average molecular weight is 416 g/mol. The van der Waals surface area contributed by atoms with Crippen molar-refractivity contribution in [2.45, 2.75) is 4.90 Å². The summed E-state index contributed by atoms with van der Waals surface area (Å²) >= 11 is 3.12. The van der Waals surface area contributed by atoms with E-state index in [1.165, 1.54) is 19.2 Å². The molecule has 0 unspecified atom stereocenters. The summed E-state index contributed by atoms with van der Waals surface area (Å²) in [7, 11) is -2.96. The molecule has 0 atom stereocenters. The molecule has 0 aromatic heterocycles. The number of halogens is 1. The Balaban J connectivity index is 2.42. The van der Waals surface area contributed by atoms with E-state index >= 15 is 0 Å². The molecule has 0 heterocycles. The number of carbonyl (C=O) groups excluding carboxylic acids is 1. The molecular formula is C14H10BrNO7S. The summed E-state index contributed by atoms with van der Waals surface area (Å²) in [6, 6.07) is 6.92. The second kappa shape index (κ2) is 6.97. The minimum atomic E-state index is -4.25. The average Bonchev–Trinajstić information content (AvgIpc) is 2.56. The molecule has 8 nitrogen and oxygen atoms in total. The lowest BCUT2D eigenvalue weighted by Crippen LogP contribution is -2.11. The second-order valence-electron chi connectivity index (χ2n) is 4.44. The first-order chi connectivity index (χ1) is 11.3. The van der Waals surface area contributed by atoms with Gasteiger partial charge in [-0.25, -0.2) is 0 Å². The van der Waals surface area contributed by atoms with Crippen LogP contribution in [0.3, 0.4) is 0 Å². The fraction of sp³-hybridized carbons (Fsp3) is 0.0714. The first-order valence-electron chi connectivity index (χ1n) is 6.30. The maximum Gasteiger partial charge on any atom is 0.339 e. The van der Waals surface area contributed by atoms with Crippen molar-refractivity contribution >= 4 is 38.0 Å². The Morgan fingerprint density at radius 1 is 1.21 bits per heavy atom. The molecule has 2 rings (SSSR count). The van der Waals surface area contributed by atoms with Crippen LogP contribution in [0.5, 0.6) is 11.5 Å². The first kappa shape index (κ1) is 17.9. The van der Waals surface area contributed by atoms with Crippen molar-refractivity contribution < 1.29 is 27.1 Å². The van der Waals surface area contributed by atoms with Crippen LogP contribution in [0.2, 0.25) is 0 Å². The van der Waals surface area contributed by atoms with E-state index in [9.17, 15) is 23.3 Å². The van der Waals surface area contributed by atoms with E-state index in [0.29, 0.717) is 6.29 Å². The van der Waals surface area contributed by atoms with Crippen molar-refractivity contribution in [1.29, 1.82) is 0 Å². The smallest absolute Gasteiger partial charge is 0.339 e. The van der Waals surface area contributed by atoms with E-state index < -0.39 is 15.0 Å². The standard InChI is InChI=1S/C14H10BrNO7S/c1-22-13-7-9(8-17)6-12(15)14(13)23-24(20,21)11-4-2-10(3-5-11)16(18)19/h2-8H,1H3. The zero-order valence-electron chi connectivity index (χ0n) is 12.1. The Labute approximate surface area is 145 Å². The van der Waals surface area contributed by atoms with Crippen molar-refractivity contribution in [2.24, 2.45) is 0 Å². The molecule has 0 saturated heterocycles. The van der Waals surface area contributed by atoms with Gasteiger partial charge in [-0.1, -0.05) is 0 Å². The quantitative estimate of drug-likeness (QED) is 0.308. The van der Waals surface area contributed by atoms with Gasteiger partial charge in [-0.15, -0.1) is 0 Å². The lowest BCUT2D eigenvalue weighted by molar-refractivity contribution is -0.384. The van der Waals surface area contributed by atoms with Crippen LogP contribution in [0.4, 0.5) is 5.69 Å². The highest BCUT2D eigenvalue weighted by molar-refractivity contribution is 9.10. The van der Waals surface area contributed by atoms with Crippen LogP contribution < -0.4 is 8.92 Å². The fourth-order valence-corrected chi connectivity index (χ4v) is 3.39. The number of methoxy groups -OCH3 is 1. The number of carbonyl (C=O) groups is 1. The number of hydrogen-bond donors (Lipinski definition) is 0. The van der Waals surface area contributed by atoms with Gasteiger partial charge < -0.3 is 8.92 Å². The van der Waals surface area contributed by atoms with Gasteiger partial charge in [-0.3, -0.25) is 14.9 Å². The van der Waals surface area contributed by atoms with Gasteiger partial charge in [0.15, 0.2) is 11.5 Å². The summed E-state index contributed by atoms with van der Waals surface area (Å²) in [5, 5.41) is 10.6. The number of benzene rings is 2. The van der Waals surface area contributed by atoms with Crippen LogP contribution in [0.25, 0.3) is 0 Å². The molecule has 0 bridgehead atoms. The van der Waals surface area contributed by atoms with E-state index in [2.05, 4.69) is 15.9 Å². The number of aldehydes is 1. The molecule has 0 saturated carbocycles. The minimum Gasteiger partial charge on any atom is -0.493 e. The third kappa shape index (κ3) is 3.71. The van der Waals surface area contributed by atoms with Gasteiger partial charge in [0.25, 0.3) is 5.69 Å². The van der Waals surface area contributed by atoms with Gasteiger partial charge in [-0.05, 0) is 40.2 Å². The van der Waals surface area contributed by atoms with E-state index in [0.717, 1.165) is 24.3 Å². The number of non-ortho nitro benzene ring substituents is 1. The Morgan fingerprint density at radius 3 is 2.33 bits per heavy atom. The zero-order chi connectivity index (χ0) is 17.9. The molecule has 0 N–H and O–H groups in total. The largest absolute Gasteiger partial charge is 0.493 e. The highest BCUT2D eigenvalue weighted by Crippen LogP contribution is 2.38. The topological polar surface area (TPSA) is 113 Å². The molecule has 0 fully saturated rings. The molecule has 126 valence electrons. The molecule has 24 heavy (non-hydrogen) atoms. The molecule has 0 aliphatic rings. The summed E-state index contributed by atoms with van der Waals surface area (Å²) in [6.45, 7) is 0. The maximum absolute atomic E-state index is 12.3. The van der Waals surface area contributed by atoms with Gasteiger partial charge in [0, 0.05) is 17.7 Å². The molecule has 0 spiro atoms. The number of nitrogens with zero attached hydrogens (tertiary/aromatic N) is 1. The third-order valence-electron chi connectivity index (χ3n) is 2.92. The van der Waals surface area contributed by atoms with E-state index in [4.69, 9.17) is 8.92 Å². The van der Waals surface area contributed by atoms with Gasteiger partial charge in [-0.2, -0.15) is 8.42 Å². The Morgan fingerprint density at radius 2 is 1.83 bits per heavy atom. The van der Waals surface area contributed by atoms with Gasteiger partial charge in [0.05, 0.1) is 16.5 Å². The van der Waals surface area contributed by atoms with Crippen LogP contribution in [0.15, 0.2) is 45.8 Å². The van der Waals surface area contributed by atoms with Crippen molar-refractivity contribution in [3.63, 3.8) is 0 Å². The van der Waals surface area contributed by atoms with E-state index in [1.54, 1.807) is 0 Å². The Kier molecular flexibility index (Phi) is 5.20. The number of hydrogen-bond acceptors (Lipinski definition) is 7. The SMILES string of the molecule is COc1cc(C=O)cc(Br)c1OS(=O)(=O)c1ccc([N+](=O)[O-])cc1. The molecular weight excluding hydrogens is 406 g/mol. The fourth-order valence-electron chi connectivity index (χ4n) is 1.78. The predicted molar refractivity (Wildman–Crippen MR) is 87.0 cm³/mol. The summed E-state index contributed by atoms with van der Waals surface area (Å²) in [5.41, 5.74) is 0.0156. The molecule has 0 amide bonds. The normalized spacial score (nSPS) is 10.9. The molecule has 0 aliphatic carbocycles. The zero-order valence-corrected chi connectivity index (χ0v) is 14.5. The highest BCUT2D eigenvalue weighted by atomic mass is 79.9. The van der Waals surface area contributed by atoms with Crippen LogP contribution in [-0.4, -0.2) is 26.7 Å². The van der Waals surface area contributed by atoms with Crippen molar-refractivity contribution in [1.82, 2.24) is 0 Å². The lowest BCUT2D eigenvalue weighted by Gasteiger charge is -2.13. The summed E-state index contributed by atoms with van der Waals surface area (Å²) in [5.74, 6) is -0.0987. The molecule has 0 radical (unpaired) electrons. The van der Waals surface area contributed by atoms with Crippen LogP contribution in [-0.2, 0) is 10.1 Å². The lowest BCUT2D eigenvalue weighted by atomic mass is 10.2. The molecule has 2 aromatic carbocycles. The number of nitro benzene ring substituents is 1. The van der Waals surface area contributed by atoms with Crippen molar-refractivity contribution in [2.75, 3.05) is 7.11 Å². The second-order valence-corrected chi connectivity index (χ2v) is 6.84. The highest BCUT2D eigenvalue weighted by Gasteiger charge is 2.22. The van der Waals surface area contributed by atoms with Crippen LogP contribution in [0.1, 0.15) is 10.4 Å². The monoisotopic (exact) mass is 415 g/mol. The number of rotatable bonds is 6. The van der Waals surface area contributed by atoms with Crippen molar-refractivity contribution in [3.8, 4) is 11.5 Å². The van der Waals surface area contributed by atoms with Crippen LogP contribution >= 0.6 is 15.9 Å². The predicted octanol–water partition coefficient (Wildman–Crippen LogP) is 2.95. The Hall–Kier alpha value is -2.46. The minimum absolute atomic E-state index is 0.0389. The van der Waals surface area contributed by atoms with Gasteiger partial charge in [0.2, 0.25) is 0 Å². The summed E-state index contributed by atoms with van der Waals surface area (Å²) in [6.07, 6.45) is 0.571. The van der Waals surface area contributed by atoms with E-state index in [1.807, 2.05) is 0 Å². The number of ether oxygens (including phenoxy) is 1. The van der Waals surface area contributed by atoms with Gasteiger partial charge >= 0.3 is 10.1 Å². The third-order valence-corrected chi connectivity index (χ3v) is 4.74.